The molecule has 0 amide bonds. The van der Waals surface area contributed by atoms with Gasteiger partial charge in [0.25, 0.3) is 0 Å². The summed E-state index contributed by atoms with van der Waals surface area (Å²) in [5.74, 6) is 1.30. The van der Waals surface area contributed by atoms with Crippen molar-refractivity contribution in [2.75, 3.05) is 18.0 Å². The number of fused-ring (bicyclic) bond motifs is 1. The average Bonchev–Trinajstić information content (AvgIpc) is 2.61. The van der Waals surface area contributed by atoms with Gasteiger partial charge in [0.05, 0.1) is 16.9 Å². The standard InChI is InChI=1S/C20H20N5/c1-2-5-16(21)20-19(22-10-11-23-20)15-12-25(13-15)18-9-8-14-6-3-4-7-17(14)24-18/h2-4,6-11,15,21H,5,12-13H2,1H3. The highest BCUT2D eigenvalue weighted by Crippen LogP contribution is 2.31. The Morgan fingerprint density at radius 3 is 2.80 bits per heavy atom. The van der Waals surface area contributed by atoms with E-state index in [2.05, 4.69) is 33.1 Å². The van der Waals surface area contributed by atoms with Crippen molar-refractivity contribution in [1.82, 2.24) is 15.0 Å². The molecule has 0 spiro atoms. The molecule has 0 bridgehead atoms. The molecule has 125 valence electrons. The van der Waals surface area contributed by atoms with Gasteiger partial charge in [0.1, 0.15) is 11.5 Å². The number of para-hydroxylation sites is 1. The van der Waals surface area contributed by atoms with Crippen LogP contribution in [-0.4, -0.2) is 33.8 Å². The monoisotopic (exact) mass is 330 g/mol. The normalized spacial score (nSPS) is 14.5. The maximum absolute atomic E-state index is 8.21. The highest BCUT2D eigenvalue weighted by atomic mass is 15.2. The van der Waals surface area contributed by atoms with Crippen molar-refractivity contribution in [2.45, 2.75) is 19.3 Å². The molecule has 2 aromatic heterocycles. The maximum Gasteiger partial charge on any atom is 0.129 e. The van der Waals surface area contributed by atoms with Crippen LogP contribution in [0, 0.1) is 11.8 Å². The largest absolute Gasteiger partial charge is 0.355 e. The SMILES string of the molecule is C[CH]CC(=N)c1nccnc1C1CN(c2ccc3ccccc3n2)C1. The van der Waals surface area contributed by atoms with Crippen molar-refractivity contribution in [3.8, 4) is 0 Å². The summed E-state index contributed by atoms with van der Waals surface area (Å²) in [5.41, 5.74) is 3.22. The van der Waals surface area contributed by atoms with Crippen LogP contribution in [0.25, 0.3) is 10.9 Å². The fraction of sp³-hybridized carbons (Fsp3) is 0.250. The smallest absolute Gasteiger partial charge is 0.129 e. The Morgan fingerprint density at radius 2 is 1.96 bits per heavy atom. The first-order valence-electron chi connectivity index (χ1n) is 8.53. The summed E-state index contributed by atoms with van der Waals surface area (Å²) < 4.78 is 0. The lowest BCUT2D eigenvalue weighted by atomic mass is 9.92. The molecule has 4 rings (SSSR count). The molecule has 3 aromatic rings. The number of aromatic nitrogens is 3. The fourth-order valence-corrected chi connectivity index (χ4v) is 3.25. The second-order valence-corrected chi connectivity index (χ2v) is 6.35. The minimum absolute atomic E-state index is 0.300. The van der Waals surface area contributed by atoms with Crippen molar-refractivity contribution in [1.29, 1.82) is 5.41 Å². The zero-order valence-corrected chi connectivity index (χ0v) is 14.2. The predicted octanol–water partition coefficient (Wildman–Crippen LogP) is 3.61. The number of nitrogens with one attached hydrogen (secondary N) is 1. The lowest BCUT2D eigenvalue weighted by Crippen LogP contribution is -2.46. The summed E-state index contributed by atoms with van der Waals surface area (Å²) in [4.78, 5) is 15.9. The lowest BCUT2D eigenvalue weighted by Gasteiger charge is -2.40. The van der Waals surface area contributed by atoms with Gasteiger partial charge in [-0.05, 0) is 31.0 Å². The number of nitrogens with zero attached hydrogens (tertiary/aromatic N) is 4. The quantitative estimate of drug-likeness (QED) is 0.726. The topological polar surface area (TPSA) is 65.8 Å². The number of anilines is 1. The summed E-state index contributed by atoms with van der Waals surface area (Å²) in [6.07, 6.45) is 5.99. The molecule has 1 aromatic carbocycles. The van der Waals surface area contributed by atoms with Gasteiger partial charge >= 0.3 is 0 Å². The Balaban J connectivity index is 1.52. The molecule has 1 fully saturated rings. The minimum atomic E-state index is 0.300. The molecule has 5 heteroatoms. The molecule has 1 aliphatic rings. The summed E-state index contributed by atoms with van der Waals surface area (Å²) >= 11 is 0. The first-order chi connectivity index (χ1) is 12.3. The Morgan fingerprint density at radius 1 is 1.16 bits per heavy atom. The van der Waals surface area contributed by atoms with Crippen LogP contribution in [-0.2, 0) is 0 Å². The number of hydrogen-bond acceptors (Lipinski definition) is 5. The number of benzene rings is 1. The molecule has 1 aliphatic heterocycles. The highest BCUT2D eigenvalue weighted by Gasteiger charge is 2.32. The molecule has 3 heterocycles. The van der Waals surface area contributed by atoms with Gasteiger partial charge in [-0.3, -0.25) is 9.97 Å². The minimum Gasteiger partial charge on any atom is -0.355 e. The van der Waals surface area contributed by atoms with Gasteiger partial charge in [0.15, 0.2) is 0 Å². The van der Waals surface area contributed by atoms with Crippen LogP contribution in [0.3, 0.4) is 0 Å². The van der Waals surface area contributed by atoms with Crippen LogP contribution in [0.15, 0.2) is 48.8 Å². The van der Waals surface area contributed by atoms with Crippen LogP contribution in [0.4, 0.5) is 5.82 Å². The molecule has 0 aliphatic carbocycles. The van der Waals surface area contributed by atoms with Crippen molar-refractivity contribution in [3.05, 3.63) is 66.6 Å². The van der Waals surface area contributed by atoms with E-state index in [1.807, 2.05) is 31.5 Å². The summed E-state index contributed by atoms with van der Waals surface area (Å²) in [7, 11) is 0. The third kappa shape index (κ3) is 2.97. The molecule has 1 radical (unpaired) electrons. The van der Waals surface area contributed by atoms with Gasteiger partial charge in [-0.25, -0.2) is 4.98 Å². The third-order valence-electron chi connectivity index (χ3n) is 4.60. The Kier molecular flexibility index (Phi) is 4.14. The molecule has 0 atom stereocenters. The van der Waals surface area contributed by atoms with E-state index in [-0.39, 0.29) is 0 Å². The van der Waals surface area contributed by atoms with E-state index in [1.165, 1.54) is 0 Å². The average molecular weight is 330 g/mol. The van der Waals surface area contributed by atoms with Gasteiger partial charge in [-0.1, -0.05) is 25.1 Å². The zero-order chi connectivity index (χ0) is 17.2. The predicted molar refractivity (Wildman–Crippen MR) is 100 cm³/mol. The van der Waals surface area contributed by atoms with Crippen LogP contribution in [0.2, 0.25) is 0 Å². The van der Waals surface area contributed by atoms with Gasteiger partial charge in [0, 0.05) is 36.8 Å². The third-order valence-corrected chi connectivity index (χ3v) is 4.60. The van der Waals surface area contributed by atoms with E-state index in [0.29, 0.717) is 18.1 Å². The molecular weight excluding hydrogens is 310 g/mol. The zero-order valence-electron chi connectivity index (χ0n) is 14.2. The van der Waals surface area contributed by atoms with Gasteiger partial charge in [-0.2, -0.15) is 0 Å². The van der Waals surface area contributed by atoms with E-state index in [4.69, 9.17) is 10.4 Å². The molecular formula is C20H20N5. The first-order valence-corrected chi connectivity index (χ1v) is 8.53. The van der Waals surface area contributed by atoms with Crippen molar-refractivity contribution >= 4 is 22.4 Å². The van der Waals surface area contributed by atoms with Crippen LogP contribution in [0.1, 0.15) is 30.7 Å². The van der Waals surface area contributed by atoms with Gasteiger partial charge in [-0.15, -0.1) is 0 Å². The Bertz CT molecular complexity index is 915. The van der Waals surface area contributed by atoms with E-state index in [9.17, 15) is 0 Å². The van der Waals surface area contributed by atoms with Crippen LogP contribution >= 0.6 is 0 Å². The summed E-state index contributed by atoms with van der Waals surface area (Å²) in [6.45, 7) is 3.68. The van der Waals surface area contributed by atoms with Gasteiger partial charge in [0.2, 0.25) is 0 Å². The van der Waals surface area contributed by atoms with E-state index in [0.717, 1.165) is 41.2 Å². The van der Waals surface area contributed by atoms with E-state index < -0.39 is 0 Å². The molecule has 1 N–H and O–H groups in total. The number of hydrogen-bond donors (Lipinski definition) is 1. The first kappa shape index (κ1) is 15.7. The summed E-state index contributed by atoms with van der Waals surface area (Å²) in [6, 6.07) is 12.4. The number of rotatable bonds is 5. The lowest BCUT2D eigenvalue weighted by molar-refractivity contribution is 0.507. The van der Waals surface area contributed by atoms with E-state index >= 15 is 0 Å². The highest BCUT2D eigenvalue weighted by molar-refractivity contribution is 5.98. The number of pyridine rings is 1. The van der Waals surface area contributed by atoms with Crippen molar-refractivity contribution in [3.63, 3.8) is 0 Å². The Hall–Kier alpha value is -2.82. The Labute approximate surface area is 147 Å². The van der Waals surface area contributed by atoms with Crippen LogP contribution < -0.4 is 4.90 Å². The van der Waals surface area contributed by atoms with Crippen molar-refractivity contribution in [2.24, 2.45) is 0 Å². The molecule has 25 heavy (non-hydrogen) atoms. The van der Waals surface area contributed by atoms with E-state index in [1.54, 1.807) is 12.4 Å². The summed E-state index contributed by atoms with van der Waals surface area (Å²) in [5, 5.41) is 9.36. The van der Waals surface area contributed by atoms with Gasteiger partial charge < -0.3 is 10.3 Å². The molecule has 1 saturated heterocycles. The molecule has 0 unspecified atom stereocenters. The second-order valence-electron chi connectivity index (χ2n) is 6.35. The molecule has 5 nitrogen and oxygen atoms in total. The van der Waals surface area contributed by atoms with Crippen molar-refractivity contribution < 1.29 is 0 Å². The molecule has 0 saturated carbocycles. The maximum atomic E-state index is 8.21. The second kappa shape index (κ2) is 6.59. The fourth-order valence-electron chi connectivity index (χ4n) is 3.25. The van der Waals surface area contributed by atoms with Crippen LogP contribution in [0.5, 0.6) is 0 Å².